The van der Waals surface area contributed by atoms with Gasteiger partial charge in [-0.2, -0.15) is 13.2 Å². The van der Waals surface area contributed by atoms with Gasteiger partial charge in [0, 0.05) is 0 Å². The Kier molecular flexibility index (Phi) is 3.76. The van der Waals surface area contributed by atoms with Crippen molar-refractivity contribution in [1.82, 2.24) is 0 Å². The number of hydrogen-bond acceptors (Lipinski definition) is 1. The second-order valence-corrected chi connectivity index (χ2v) is 3.94. The van der Waals surface area contributed by atoms with Gasteiger partial charge in [0.2, 0.25) is 0 Å². The average molecular weight is 266 g/mol. The molecule has 0 bridgehead atoms. The quantitative estimate of drug-likeness (QED) is 0.765. The molecular formula is C14H11F3NO-. The number of alkyl halides is 3. The molecule has 0 aliphatic rings. The third-order valence-corrected chi connectivity index (χ3v) is 2.54. The number of halogens is 3. The van der Waals surface area contributed by atoms with Crippen LogP contribution in [0.5, 0.6) is 11.5 Å². The van der Waals surface area contributed by atoms with E-state index in [1.165, 1.54) is 12.1 Å². The van der Waals surface area contributed by atoms with E-state index >= 15 is 0 Å². The number of rotatable bonds is 3. The molecule has 0 unspecified atom stereocenters. The standard InChI is InChI=1S/C14H11F3NO/c15-14(16,17)11-3-7-13(8-4-11)19-12-5-1-10(9-18)2-6-12/h1-8,18H,9H2/q-1. The summed E-state index contributed by atoms with van der Waals surface area (Å²) in [6, 6.07) is 11.4. The smallest absolute Gasteiger partial charge is 0.416 e. The van der Waals surface area contributed by atoms with Gasteiger partial charge < -0.3 is 10.5 Å². The normalized spacial score (nSPS) is 11.4. The summed E-state index contributed by atoms with van der Waals surface area (Å²) in [6.07, 6.45) is -4.34. The molecule has 0 heterocycles. The Hall–Kier alpha value is -2.01. The second-order valence-electron chi connectivity index (χ2n) is 3.94. The molecule has 0 saturated heterocycles. The van der Waals surface area contributed by atoms with Crippen molar-refractivity contribution in [1.29, 1.82) is 0 Å². The van der Waals surface area contributed by atoms with Crippen molar-refractivity contribution in [3.05, 3.63) is 65.4 Å². The van der Waals surface area contributed by atoms with Gasteiger partial charge in [-0.05, 0) is 36.4 Å². The van der Waals surface area contributed by atoms with Gasteiger partial charge in [0.25, 0.3) is 0 Å². The molecule has 0 aromatic heterocycles. The van der Waals surface area contributed by atoms with Crippen LogP contribution in [0.25, 0.3) is 5.73 Å². The molecule has 2 rings (SSSR count). The summed E-state index contributed by atoms with van der Waals surface area (Å²) < 4.78 is 42.5. The van der Waals surface area contributed by atoms with E-state index in [0.717, 1.165) is 17.7 Å². The predicted octanol–water partition coefficient (Wildman–Crippen LogP) is 5.05. The van der Waals surface area contributed by atoms with Crippen LogP contribution in [0.4, 0.5) is 13.2 Å². The summed E-state index contributed by atoms with van der Waals surface area (Å²) in [5, 5.41) is 0. The Balaban J connectivity index is 2.10. The van der Waals surface area contributed by atoms with Crippen LogP contribution in [0.15, 0.2) is 48.5 Å². The molecule has 1 N–H and O–H groups in total. The Morgan fingerprint density at radius 1 is 0.842 bits per heavy atom. The molecule has 0 aliphatic heterocycles. The SMILES string of the molecule is [NH-]Cc1ccc(Oc2ccc(C(F)(F)F)cc2)cc1. The van der Waals surface area contributed by atoms with Crippen molar-refractivity contribution in [3.63, 3.8) is 0 Å². The highest BCUT2D eigenvalue weighted by atomic mass is 19.4. The zero-order valence-corrected chi connectivity index (χ0v) is 9.87. The molecule has 19 heavy (non-hydrogen) atoms. The van der Waals surface area contributed by atoms with Crippen molar-refractivity contribution in [3.8, 4) is 11.5 Å². The summed E-state index contributed by atoms with van der Waals surface area (Å²) in [5.41, 5.74) is 7.31. The van der Waals surface area contributed by atoms with Crippen LogP contribution in [0.1, 0.15) is 11.1 Å². The maximum absolute atomic E-state index is 12.4. The molecule has 0 atom stereocenters. The lowest BCUT2D eigenvalue weighted by Gasteiger charge is -2.09. The first-order chi connectivity index (χ1) is 8.99. The first-order valence-electron chi connectivity index (χ1n) is 5.58. The molecule has 0 fully saturated rings. The van der Waals surface area contributed by atoms with Gasteiger partial charge in [0.05, 0.1) is 5.56 Å². The highest BCUT2D eigenvalue weighted by molar-refractivity contribution is 5.35. The molecule has 0 aliphatic carbocycles. The third kappa shape index (κ3) is 3.48. The third-order valence-electron chi connectivity index (χ3n) is 2.54. The van der Waals surface area contributed by atoms with E-state index < -0.39 is 11.7 Å². The summed E-state index contributed by atoms with van der Waals surface area (Å²) in [5.74, 6) is 0.864. The van der Waals surface area contributed by atoms with Gasteiger partial charge in [0.15, 0.2) is 0 Å². The lowest BCUT2D eigenvalue weighted by atomic mass is 10.2. The monoisotopic (exact) mass is 266 g/mol. The van der Waals surface area contributed by atoms with Crippen LogP contribution in [0.3, 0.4) is 0 Å². The van der Waals surface area contributed by atoms with Gasteiger partial charge in [-0.25, -0.2) is 0 Å². The Labute approximate surface area is 108 Å². The molecular weight excluding hydrogens is 255 g/mol. The molecule has 2 nitrogen and oxygen atoms in total. The van der Waals surface area contributed by atoms with Crippen molar-refractivity contribution < 1.29 is 17.9 Å². The predicted molar refractivity (Wildman–Crippen MR) is 66.0 cm³/mol. The average Bonchev–Trinajstić information content (AvgIpc) is 2.39. The van der Waals surface area contributed by atoms with Gasteiger partial charge in [0.1, 0.15) is 11.5 Å². The van der Waals surface area contributed by atoms with E-state index in [1.807, 2.05) is 0 Å². The first-order valence-corrected chi connectivity index (χ1v) is 5.58. The van der Waals surface area contributed by atoms with Gasteiger partial charge in [-0.1, -0.05) is 17.7 Å². The van der Waals surface area contributed by atoms with Crippen LogP contribution in [0.2, 0.25) is 0 Å². The van der Waals surface area contributed by atoms with Gasteiger partial charge in [-0.3, -0.25) is 0 Å². The Morgan fingerprint density at radius 3 is 1.74 bits per heavy atom. The maximum Gasteiger partial charge on any atom is 0.416 e. The summed E-state index contributed by atoms with van der Waals surface area (Å²) in [6.45, 7) is 0.181. The van der Waals surface area contributed by atoms with E-state index in [9.17, 15) is 13.2 Å². The van der Waals surface area contributed by atoms with E-state index in [4.69, 9.17) is 10.5 Å². The van der Waals surface area contributed by atoms with Crippen molar-refractivity contribution in [2.75, 3.05) is 0 Å². The maximum atomic E-state index is 12.4. The van der Waals surface area contributed by atoms with Crippen molar-refractivity contribution in [2.24, 2.45) is 0 Å². The molecule has 0 amide bonds. The lowest BCUT2D eigenvalue weighted by Crippen LogP contribution is -2.03. The molecule has 0 saturated carbocycles. The minimum Gasteiger partial charge on any atom is -0.674 e. The number of nitrogens with one attached hydrogen (secondary N) is 1. The molecule has 5 heteroatoms. The van der Waals surface area contributed by atoms with Crippen LogP contribution in [-0.4, -0.2) is 0 Å². The van der Waals surface area contributed by atoms with Crippen LogP contribution >= 0.6 is 0 Å². The van der Waals surface area contributed by atoms with Crippen LogP contribution < -0.4 is 4.74 Å². The molecule has 100 valence electrons. The number of hydrogen-bond donors (Lipinski definition) is 0. The van der Waals surface area contributed by atoms with E-state index in [-0.39, 0.29) is 6.54 Å². The van der Waals surface area contributed by atoms with E-state index in [1.54, 1.807) is 24.3 Å². The number of benzene rings is 2. The van der Waals surface area contributed by atoms with E-state index in [2.05, 4.69) is 0 Å². The van der Waals surface area contributed by atoms with Crippen molar-refractivity contribution in [2.45, 2.75) is 12.7 Å². The fourth-order valence-corrected chi connectivity index (χ4v) is 1.52. The second kappa shape index (κ2) is 5.32. The minimum atomic E-state index is -4.34. The molecule has 2 aromatic carbocycles. The van der Waals surface area contributed by atoms with Crippen molar-refractivity contribution >= 4 is 0 Å². The van der Waals surface area contributed by atoms with Gasteiger partial charge in [-0.15, -0.1) is 6.54 Å². The number of ether oxygens (including phenoxy) is 1. The summed E-state index contributed by atoms with van der Waals surface area (Å²) >= 11 is 0. The molecule has 0 spiro atoms. The minimum absolute atomic E-state index is 0.181. The van der Waals surface area contributed by atoms with Crippen LogP contribution in [-0.2, 0) is 12.7 Å². The summed E-state index contributed by atoms with van der Waals surface area (Å²) in [4.78, 5) is 0. The summed E-state index contributed by atoms with van der Waals surface area (Å²) in [7, 11) is 0. The zero-order valence-electron chi connectivity index (χ0n) is 9.87. The Bertz CT molecular complexity index is 532. The van der Waals surface area contributed by atoms with E-state index in [0.29, 0.717) is 11.5 Å². The topological polar surface area (TPSA) is 33.0 Å². The largest absolute Gasteiger partial charge is 0.674 e. The van der Waals surface area contributed by atoms with Gasteiger partial charge >= 0.3 is 6.18 Å². The highest BCUT2D eigenvalue weighted by Gasteiger charge is 2.29. The fourth-order valence-electron chi connectivity index (χ4n) is 1.52. The fraction of sp³-hybridized carbons (Fsp3) is 0.143. The first kappa shape index (κ1) is 13.4. The van der Waals surface area contributed by atoms with Crippen LogP contribution in [0, 0.1) is 0 Å². The molecule has 0 radical (unpaired) electrons. The zero-order chi connectivity index (χ0) is 13.9. The highest BCUT2D eigenvalue weighted by Crippen LogP contribution is 2.31. The molecule has 2 aromatic rings. The Morgan fingerprint density at radius 2 is 1.32 bits per heavy atom. The lowest BCUT2D eigenvalue weighted by molar-refractivity contribution is -0.137.